The number of hydrogen-bond acceptors (Lipinski definition) is 3. The van der Waals surface area contributed by atoms with Crippen LogP contribution in [0.25, 0.3) is 0 Å². The van der Waals surface area contributed by atoms with E-state index in [1.54, 1.807) is 4.90 Å². The Kier molecular flexibility index (Phi) is 2.41. The van der Waals surface area contributed by atoms with Crippen LogP contribution in [-0.2, 0) is 0 Å². The minimum absolute atomic E-state index is 0.156. The molecule has 2 fully saturated rings. The van der Waals surface area contributed by atoms with Gasteiger partial charge in [0, 0.05) is 6.54 Å². The minimum atomic E-state index is -0.656. The first-order valence-electron chi connectivity index (χ1n) is 4.85. The zero-order valence-electron chi connectivity index (χ0n) is 8.41. The number of nitrogens with zero attached hydrogens (tertiary/aromatic N) is 1. The van der Waals surface area contributed by atoms with Gasteiger partial charge in [0.25, 0.3) is 0 Å². The molecule has 2 aliphatic rings. The number of amides is 4. The Bertz CT molecular complexity index is 311. The Hall–Kier alpha value is -1.11. The lowest BCUT2D eigenvalue weighted by atomic mass is 10.1. The maximum Gasteiger partial charge on any atom is 0.321 e. The molecule has 0 aromatic carbocycles. The van der Waals surface area contributed by atoms with Crippen LogP contribution in [0.1, 0.15) is 13.3 Å². The topological polar surface area (TPSA) is 73.5 Å². The molecule has 0 bridgehead atoms. The predicted octanol–water partition coefficient (Wildman–Crippen LogP) is -0.313. The normalized spacial score (nSPS) is 33.5. The van der Waals surface area contributed by atoms with E-state index in [0.717, 1.165) is 6.42 Å². The van der Waals surface area contributed by atoms with Crippen LogP contribution in [-0.4, -0.2) is 41.1 Å². The van der Waals surface area contributed by atoms with Crippen LogP contribution >= 0.6 is 12.6 Å². The Balaban J connectivity index is 2.15. The van der Waals surface area contributed by atoms with Crippen LogP contribution in [0, 0.1) is 0 Å². The van der Waals surface area contributed by atoms with Crippen molar-refractivity contribution in [2.45, 2.75) is 25.2 Å². The van der Waals surface area contributed by atoms with E-state index in [1.165, 1.54) is 0 Å². The van der Waals surface area contributed by atoms with E-state index in [9.17, 15) is 9.59 Å². The van der Waals surface area contributed by atoms with Gasteiger partial charge in [0.05, 0.1) is 0 Å². The number of rotatable bonds is 3. The number of carbonyl (C=O) groups is 2. The molecule has 3 N–H and O–H groups in total. The van der Waals surface area contributed by atoms with E-state index in [4.69, 9.17) is 0 Å². The number of fused-ring (bicyclic) bond motifs is 1. The third kappa shape index (κ3) is 1.50. The summed E-state index contributed by atoms with van der Waals surface area (Å²) in [4.78, 5) is 24.4. The van der Waals surface area contributed by atoms with Crippen molar-refractivity contribution in [2.24, 2.45) is 0 Å². The van der Waals surface area contributed by atoms with Crippen molar-refractivity contribution >= 4 is 24.7 Å². The highest BCUT2D eigenvalue weighted by molar-refractivity contribution is 7.80. The van der Waals surface area contributed by atoms with Gasteiger partial charge >= 0.3 is 12.1 Å². The fraction of sp³-hybridized carbons (Fsp3) is 0.750. The first kappa shape index (κ1) is 10.4. The van der Waals surface area contributed by atoms with Crippen molar-refractivity contribution in [3.63, 3.8) is 0 Å². The molecule has 0 aromatic rings. The average Bonchev–Trinajstić information content (AvgIpc) is 2.52. The summed E-state index contributed by atoms with van der Waals surface area (Å²) in [6.45, 7) is 2.41. The zero-order chi connectivity index (χ0) is 11.1. The van der Waals surface area contributed by atoms with E-state index in [-0.39, 0.29) is 18.2 Å². The molecule has 15 heavy (non-hydrogen) atoms. The van der Waals surface area contributed by atoms with E-state index >= 15 is 0 Å². The van der Waals surface area contributed by atoms with Crippen LogP contribution < -0.4 is 16.0 Å². The molecule has 0 saturated carbocycles. The van der Waals surface area contributed by atoms with Crippen LogP contribution in [0.3, 0.4) is 0 Å². The highest BCUT2D eigenvalue weighted by Crippen LogP contribution is 2.25. The summed E-state index contributed by atoms with van der Waals surface area (Å²) in [6, 6.07) is -0.407. The summed E-state index contributed by atoms with van der Waals surface area (Å²) in [6.07, 6.45) is 0.451. The van der Waals surface area contributed by atoms with Gasteiger partial charge in [0.2, 0.25) is 0 Å². The molecule has 2 rings (SSSR count). The van der Waals surface area contributed by atoms with Crippen molar-refractivity contribution < 1.29 is 9.59 Å². The standard InChI is InChI=1S/C8H14N4O2S/c1-8-5(9-6(13)11-8)10-7(14)12(8)3-2-4-15/h5,15H,2-4H2,1H3,(H,10,14)(H2,9,11,13). The molecule has 2 heterocycles. The Labute approximate surface area is 93.2 Å². The summed E-state index contributed by atoms with van der Waals surface area (Å²) in [7, 11) is 0. The third-order valence-electron chi connectivity index (χ3n) is 2.82. The highest BCUT2D eigenvalue weighted by atomic mass is 32.1. The van der Waals surface area contributed by atoms with Gasteiger partial charge in [0.1, 0.15) is 6.17 Å². The smallest absolute Gasteiger partial charge is 0.314 e. The van der Waals surface area contributed by atoms with Gasteiger partial charge in [-0.3, -0.25) is 4.90 Å². The van der Waals surface area contributed by atoms with Gasteiger partial charge in [-0.25, -0.2) is 9.59 Å². The maximum atomic E-state index is 11.6. The molecule has 6 nitrogen and oxygen atoms in total. The molecule has 0 spiro atoms. The van der Waals surface area contributed by atoms with Gasteiger partial charge < -0.3 is 16.0 Å². The van der Waals surface area contributed by atoms with Crippen LogP contribution in [0.4, 0.5) is 9.59 Å². The van der Waals surface area contributed by atoms with Crippen molar-refractivity contribution in [3.05, 3.63) is 0 Å². The van der Waals surface area contributed by atoms with Crippen molar-refractivity contribution in [3.8, 4) is 0 Å². The fourth-order valence-corrected chi connectivity index (χ4v) is 2.13. The highest BCUT2D eigenvalue weighted by Gasteiger charge is 2.54. The number of nitrogens with one attached hydrogen (secondary N) is 3. The van der Waals surface area contributed by atoms with E-state index in [0.29, 0.717) is 12.3 Å². The largest absolute Gasteiger partial charge is 0.321 e. The van der Waals surface area contributed by atoms with Crippen LogP contribution in [0.2, 0.25) is 0 Å². The first-order valence-corrected chi connectivity index (χ1v) is 5.49. The van der Waals surface area contributed by atoms with Gasteiger partial charge in [-0.2, -0.15) is 12.6 Å². The zero-order valence-corrected chi connectivity index (χ0v) is 9.30. The lowest BCUT2D eigenvalue weighted by molar-refractivity contribution is 0.145. The molecule has 0 radical (unpaired) electrons. The van der Waals surface area contributed by atoms with Gasteiger partial charge in [-0.05, 0) is 19.1 Å². The van der Waals surface area contributed by atoms with Crippen LogP contribution in [0.5, 0.6) is 0 Å². The number of hydrogen-bond donors (Lipinski definition) is 4. The number of thiol groups is 1. The lowest BCUT2D eigenvalue weighted by Crippen LogP contribution is -2.56. The first-order chi connectivity index (χ1) is 7.08. The lowest BCUT2D eigenvalue weighted by Gasteiger charge is -2.31. The van der Waals surface area contributed by atoms with Gasteiger partial charge in [0.15, 0.2) is 5.66 Å². The molecule has 2 aliphatic heterocycles. The molecule has 84 valence electrons. The maximum absolute atomic E-state index is 11.6. The molecular weight excluding hydrogens is 216 g/mol. The van der Waals surface area contributed by atoms with E-state index in [1.807, 2.05) is 6.92 Å². The monoisotopic (exact) mass is 230 g/mol. The Morgan fingerprint density at radius 2 is 2.20 bits per heavy atom. The Morgan fingerprint density at radius 3 is 2.87 bits per heavy atom. The van der Waals surface area contributed by atoms with Crippen molar-refractivity contribution in [2.75, 3.05) is 12.3 Å². The SMILES string of the molecule is CC12NC(=O)NC1NC(=O)N2CCCS. The van der Waals surface area contributed by atoms with E-state index in [2.05, 4.69) is 28.6 Å². The number of urea groups is 2. The summed E-state index contributed by atoms with van der Waals surface area (Å²) in [5, 5.41) is 8.11. The molecule has 4 amide bonds. The Morgan fingerprint density at radius 1 is 1.47 bits per heavy atom. The average molecular weight is 230 g/mol. The summed E-state index contributed by atoms with van der Waals surface area (Å²) in [5.74, 6) is 0.714. The summed E-state index contributed by atoms with van der Waals surface area (Å²) >= 11 is 4.10. The van der Waals surface area contributed by atoms with Gasteiger partial charge in [-0.1, -0.05) is 0 Å². The van der Waals surface area contributed by atoms with Crippen LogP contribution in [0.15, 0.2) is 0 Å². The third-order valence-corrected chi connectivity index (χ3v) is 3.13. The van der Waals surface area contributed by atoms with E-state index < -0.39 is 5.66 Å². The second kappa shape index (κ2) is 3.48. The summed E-state index contributed by atoms with van der Waals surface area (Å²) < 4.78 is 0. The quantitative estimate of drug-likeness (QED) is 0.502. The number of carbonyl (C=O) groups excluding carboxylic acids is 2. The molecule has 2 saturated heterocycles. The predicted molar refractivity (Wildman–Crippen MR) is 57.6 cm³/mol. The fourth-order valence-electron chi connectivity index (χ4n) is 1.98. The molecule has 7 heteroatoms. The second-order valence-electron chi connectivity index (χ2n) is 3.86. The molecule has 0 aliphatic carbocycles. The molecular formula is C8H14N4O2S. The molecule has 2 atom stereocenters. The minimum Gasteiger partial charge on any atom is -0.314 e. The molecule has 0 aromatic heterocycles. The second-order valence-corrected chi connectivity index (χ2v) is 4.30. The van der Waals surface area contributed by atoms with Crippen molar-refractivity contribution in [1.29, 1.82) is 0 Å². The molecule has 2 unspecified atom stereocenters. The van der Waals surface area contributed by atoms with Gasteiger partial charge in [-0.15, -0.1) is 0 Å². The van der Waals surface area contributed by atoms with Crippen molar-refractivity contribution in [1.82, 2.24) is 20.9 Å². The summed E-state index contributed by atoms with van der Waals surface area (Å²) in [5.41, 5.74) is -0.656.